The van der Waals surface area contributed by atoms with E-state index in [1.165, 1.54) is 6.92 Å². The second kappa shape index (κ2) is 8.04. The van der Waals surface area contributed by atoms with Gasteiger partial charge in [0, 0.05) is 13.3 Å². The van der Waals surface area contributed by atoms with Crippen molar-refractivity contribution in [3.63, 3.8) is 0 Å². The van der Waals surface area contributed by atoms with Crippen molar-refractivity contribution in [3.8, 4) is 0 Å². The molecule has 2 unspecified atom stereocenters. The highest BCUT2D eigenvalue weighted by molar-refractivity contribution is 5.86. The van der Waals surface area contributed by atoms with Crippen LogP contribution in [0.15, 0.2) is 30.3 Å². The Bertz CT molecular complexity index is 502. The summed E-state index contributed by atoms with van der Waals surface area (Å²) in [7, 11) is 0. The Morgan fingerprint density at radius 1 is 1.14 bits per heavy atom. The van der Waals surface area contributed by atoms with Gasteiger partial charge in [0.15, 0.2) is 0 Å². The van der Waals surface area contributed by atoms with Gasteiger partial charge in [-0.15, -0.1) is 0 Å². The SMILES string of the molecule is CC(=O)NC(C)C(=O)NC(CCC(=O)O)c1ccccc1. The van der Waals surface area contributed by atoms with Gasteiger partial charge < -0.3 is 15.7 Å². The first-order chi connectivity index (χ1) is 9.90. The minimum atomic E-state index is -0.917. The van der Waals surface area contributed by atoms with Crippen LogP contribution in [0.4, 0.5) is 0 Å². The van der Waals surface area contributed by atoms with Crippen molar-refractivity contribution in [1.29, 1.82) is 0 Å². The van der Waals surface area contributed by atoms with E-state index in [1.54, 1.807) is 6.92 Å². The van der Waals surface area contributed by atoms with Gasteiger partial charge >= 0.3 is 5.97 Å². The summed E-state index contributed by atoms with van der Waals surface area (Å²) in [6.07, 6.45) is 0.242. The molecule has 0 saturated heterocycles. The van der Waals surface area contributed by atoms with Crippen molar-refractivity contribution in [2.24, 2.45) is 0 Å². The average Bonchev–Trinajstić information content (AvgIpc) is 2.43. The molecule has 0 aromatic heterocycles. The van der Waals surface area contributed by atoms with Crippen molar-refractivity contribution in [1.82, 2.24) is 10.6 Å². The number of rotatable bonds is 7. The van der Waals surface area contributed by atoms with Crippen LogP contribution in [-0.4, -0.2) is 28.9 Å². The zero-order valence-corrected chi connectivity index (χ0v) is 12.1. The molecule has 0 aliphatic rings. The predicted molar refractivity (Wildman–Crippen MR) is 77.5 cm³/mol. The number of benzene rings is 1. The Hall–Kier alpha value is -2.37. The summed E-state index contributed by atoms with van der Waals surface area (Å²) in [5.74, 6) is -1.55. The smallest absolute Gasteiger partial charge is 0.303 e. The molecule has 2 amide bonds. The molecule has 0 saturated carbocycles. The van der Waals surface area contributed by atoms with Gasteiger partial charge in [0.05, 0.1) is 6.04 Å². The summed E-state index contributed by atoms with van der Waals surface area (Å²) in [6.45, 7) is 2.92. The van der Waals surface area contributed by atoms with Gasteiger partial charge in [0.25, 0.3) is 0 Å². The highest BCUT2D eigenvalue weighted by atomic mass is 16.4. The van der Waals surface area contributed by atoms with Crippen LogP contribution < -0.4 is 10.6 Å². The number of hydrogen-bond acceptors (Lipinski definition) is 3. The topological polar surface area (TPSA) is 95.5 Å². The lowest BCUT2D eigenvalue weighted by molar-refractivity contribution is -0.137. The Kier molecular flexibility index (Phi) is 6.39. The fourth-order valence-electron chi connectivity index (χ4n) is 1.94. The molecule has 0 aliphatic heterocycles. The van der Waals surface area contributed by atoms with Gasteiger partial charge in [-0.25, -0.2) is 0 Å². The molecular formula is C15H20N2O4. The number of carboxylic acids is 1. The highest BCUT2D eigenvalue weighted by Gasteiger charge is 2.20. The van der Waals surface area contributed by atoms with Crippen LogP contribution in [0.25, 0.3) is 0 Å². The minimum absolute atomic E-state index is 0.0473. The first-order valence-electron chi connectivity index (χ1n) is 6.74. The third-order valence-corrected chi connectivity index (χ3v) is 2.98. The largest absolute Gasteiger partial charge is 0.481 e. The van der Waals surface area contributed by atoms with E-state index in [0.29, 0.717) is 0 Å². The van der Waals surface area contributed by atoms with Crippen LogP contribution >= 0.6 is 0 Å². The summed E-state index contributed by atoms with van der Waals surface area (Å²) in [5.41, 5.74) is 0.835. The van der Waals surface area contributed by atoms with Crippen molar-refractivity contribution in [2.45, 2.75) is 38.8 Å². The average molecular weight is 292 g/mol. The van der Waals surface area contributed by atoms with E-state index >= 15 is 0 Å². The summed E-state index contributed by atoms with van der Waals surface area (Å²) in [5, 5.41) is 14.1. The summed E-state index contributed by atoms with van der Waals surface area (Å²) < 4.78 is 0. The molecule has 3 N–H and O–H groups in total. The summed E-state index contributed by atoms with van der Waals surface area (Å²) in [6, 6.07) is 8.09. The number of hydrogen-bond donors (Lipinski definition) is 3. The van der Waals surface area contributed by atoms with Gasteiger partial charge in [0.1, 0.15) is 6.04 Å². The van der Waals surface area contributed by atoms with E-state index in [-0.39, 0.29) is 24.7 Å². The third kappa shape index (κ3) is 6.07. The van der Waals surface area contributed by atoms with Crippen molar-refractivity contribution >= 4 is 17.8 Å². The molecule has 6 heteroatoms. The monoisotopic (exact) mass is 292 g/mol. The standard InChI is InChI=1S/C15H20N2O4/c1-10(16-11(2)18)15(21)17-13(8-9-14(19)20)12-6-4-3-5-7-12/h3-7,10,13H,8-9H2,1-2H3,(H,16,18)(H,17,21)(H,19,20). The van der Waals surface area contributed by atoms with Gasteiger partial charge in [0.2, 0.25) is 11.8 Å². The number of nitrogens with one attached hydrogen (secondary N) is 2. The van der Waals surface area contributed by atoms with E-state index in [2.05, 4.69) is 10.6 Å². The first-order valence-corrected chi connectivity index (χ1v) is 6.74. The van der Waals surface area contributed by atoms with E-state index in [9.17, 15) is 14.4 Å². The number of aliphatic carboxylic acids is 1. The second-order valence-corrected chi connectivity index (χ2v) is 4.83. The molecule has 2 atom stereocenters. The zero-order valence-electron chi connectivity index (χ0n) is 12.1. The van der Waals surface area contributed by atoms with Crippen LogP contribution in [-0.2, 0) is 14.4 Å². The maximum atomic E-state index is 12.0. The maximum absolute atomic E-state index is 12.0. The minimum Gasteiger partial charge on any atom is -0.481 e. The highest BCUT2D eigenvalue weighted by Crippen LogP contribution is 2.18. The van der Waals surface area contributed by atoms with E-state index < -0.39 is 18.1 Å². The van der Waals surface area contributed by atoms with Crippen molar-refractivity contribution < 1.29 is 19.5 Å². The molecule has 0 bridgehead atoms. The molecule has 1 aromatic carbocycles. The first kappa shape index (κ1) is 16.7. The van der Waals surface area contributed by atoms with Gasteiger partial charge in [-0.1, -0.05) is 30.3 Å². The summed E-state index contributed by atoms with van der Waals surface area (Å²) >= 11 is 0. The number of carbonyl (C=O) groups is 3. The van der Waals surface area contributed by atoms with Crippen LogP contribution in [0.1, 0.15) is 38.3 Å². The molecular weight excluding hydrogens is 272 g/mol. The van der Waals surface area contributed by atoms with Crippen molar-refractivity contribution in [2.75, 3.05) is 0 Å². The van der Waals surface area contributed by atoms with Crippen molar-refractivity contribution in [3.05, 3.63) is 35.9 Å². The number of amides is 2. The Morgan fingerprint density at radius 2 is 1.76 bits per heavy atom. The molecule has 0 aliphatic carbocycles. The maximum Gasteiger partial charge on any atom is 0.303 e. The predicted octanol–water partition coefficient (Wildman–Crippen LogP) is 1.23. The molecule has 0 radical (unpaired) electrons. The molecule has 114 valence electrons. The summed E-state index contributed by atoms with van der Waals surface area (Å²) in [4.78, 5) is 33.7. The van der Waals surface area contributed by atoms with Crippen LogP contribution in [0.2, 0.25) is 0 Å². The Labute approximate surface area is 123 Å². The van der Waals surface area contributed by atoms with Crippen LogP contribution in [0.5, 0.6) is 0 Å². The number of carbonyl (C=O) groups excluding carboxylic acids is 2. The molecule has 21 heavy (non-hydrogen) atoms. The van der Waals surface area contributed by atoms with E-state index in [0.717, 1.165) is 5.56 Å². The quantitative estimate of drug-likeness (QED) is 0.704. The fraction of sp³-hybridized carbons (Fsp3) is 0.400. The number of carboxylic acid groups (broad SMARTS) is 1. The fourth-order valence-corrected chi connectivity index (χ4v) is 1.94. The third-order valence-electron chi connectivity index (χ3n) is 2.98. The lowest BCUT2D eigenvalue weighted by atomic mass is 10.0. The second-order valence-electron chi connectivity index (χ2n) is 4.83. The van der Waals surface area contributed by atoms with E-state index in [1.807, 2.05) is 30.3 Å². The van der Waals surface area contributed by atoms with E-state index in [4.69, 9.17) is 5.11 Å². The molecule has 0 fully saturated rings. The van der Waals surface area contributed by atoms with Gasteiger partial charge in [-0.05, 0) is 18.9 Å². The molecule has 0 heterocycles. The lowest BCUT2D eigenvalue weighted by Gasteiger charge is -2.21. The molecule has 1 rings (SSSR count). The zero-order chi connectivity index (χ0) is 15.8. The van der Waals surface area contributed by atoms with Crippen LogP contribution in [0, 0.1) is 0 Å². The van der Waals surface area contributed by atoms with Gasteiger partial charge in [-0.2, -0.15) is 0 Å². The molecule has 6 nitrogen and oxygen atoms in total. The lowest BCUT2D eigenvalue weighted by Crippen LogP contribution is -2.45. The Balaban J connectivity index is 2.75. The van der Waals surface area contributed by atoms with Crippen LogP contribution in [0.3, 0.4) is 0 Å². The normalized spacial score (nSPS) is 13.0. The van der Waals surface area contributed by atoms with Gasteiger partial charge in [-0.3, -0.25) is 14.4 Å². The molecule has 0 spiro atoms. The molecule has 1 aromatic rings. The Morgan fingerprint density at radius 3 is 2.29 bits per heavy atom.